The van der Waals surface area contributed by atoms with Crippen LogP contribution in [0.25, 0.3) is 0 Å². The van der Waals surface area contributed by atoms with Gasteiger partial charge in [0.25, 0.3) is 11.6 Å². The third kappa shape index (κ3) is 4.59. The zero-order valence-corrected chi connectivity index (χ0v) is 18.1. The van der Waals surface area contributed by atoms with E-state index in [4.69, 9.17) is 10.5 Å². The molecule has 4 rings (SSSR count). The van der Waals surface area contributed by atoms with E-state index in [9.17, 15) is 24.5 Å². The van der Waals surface area contributed by atoms with Crippen LogP contribution < -0.4 is 11.1 Å². The Kier molecular flexibility index (Phi) is 6.43. The molecule has 0 aliphatic carbocycles. The number of hydrogen-bond acceptors (Lipinski definition) is 8. The molecule has 3 N–H and O–H groups in total. The Balaban J connectivity index is 1.35. The molecule has 2 aliphatic heterocycles. The van der Waals surface area contributed by atoms with E-state index < -0.39 is 40.2 Å². The van der Waals surface area contributed by atoms with Gasteiger partial charge in [0, 0.05) is 17.9 Å². The van der Waals surface area contributed by atoms with Gasteiger partial charge in [-0.1, -0.05) is 30.3 Å². The van der Waals surface area contributed by atoms with E-state index in [1.165, 1.54) is 40.9 Å². The fraction of sp³-hybridized carbons (Fsp3) is 0.227. The second kappa shape index (κ2) is 9.43. The number of amides is 2. The number of nitro groups is 1. The summed E-state index contributed by atoms with van der Waals surface area (Å²) >= 11 is 1.42. The molecule has 3 atom stereocenters. The van der Waals surface area contributed by atoms with E-state index in [1.807, 2.05) is 6.07 Å². The predicted octanol–water partition coefficient (Wildman–Crippen LogP) is 1.62. The summed E-state index contributed by atoms with van der Waals surface area (Å²) in [5.41, 5.74) is 7.26. The topological polar surface area (TPSA) is 145 Å². The number of β-lactam (4-membered cyclic amide) rings is 1. The second-order valence-electron chi connectivity index (χ2n) is 7.40. The average Bonchev–Trinajstić information content (AvgIpc) is 2.85. The highest BCUT2D eigenvalue weighted by atomic mass is 32.2. The van der Waals surface area contributed by atoms with Crippen LogP contribution in [-0.4, -0.2) is 44.8 Å². The Labute approximate surface area is 192 Å². The number of non-ortho nitro benzene ring substituents is 1. The second-order valence-corrected chi connectivity index (χ2v) is 8.55. The molecular formula is C22H20N4O6S. The first-order valence-corrected chi connectivity index (χ1v) is 11.1. The largest absolute Gasteiger partial charge is 0.456 e. The van der Waals surface area contributed by atoms with E-state index in [0.717, 1.165) is 0 Å². The molecule has 11 heteroatoms. The minimum absolute atomic E-state index is 0.0637. The Hall–Kier alpha value is -3.70. The molecule has 1 fully saturated rings. The van der Waals surface area contributed by atoms with Crippen LogP contribution in [0, 0.1) is 10.1 Å². The molecule has 170 valence electrons. The fourth-order valence-corrected chi connectivity index (χ4v) is 4.72. The van der Waals surface area contributed by atoms with E-state index >= 15 is 0 Å². The van der Waals surface area contributed by atoms with Gasteiger partial charge in [-0.2, -0.15) is 0 Å². The van der Waals surface area contributed by atoms with Gasteiger partial charge in [0.1, 0.15) is 29.8 Å². The number of benzene rings is 2. The normalized spacial score (nSPS) is 20.1. The molecule has 2 aromatic rings. The number of carbonyl (C=O) groups is 3. The number of ether oxygens (including phenoxy) is 1. The summed E-state index contributed by atoms with van der Waals surface area (Å²) in [6.07, 6.45) is 1.60. The third-order valence-electron chi connectivity index (χ3n) is 5.31. The molecule has 0 radical (unpaired) electrons. The van der Waals surface area contributed by atoms with Gasteiger partial charge in [-0.05, 0) is 29.3 Å². The highest BCUT2D eigenvalue weighted by Gasteiger charge is 2.53. The maximum atomic E-state index is 12.7. The van der Waals surface area contributed by atoms with E-state index in [0.29, 0.717) is 16.9 Å². The van der Waals surface area contributed by atoms with Gasteiger partial charge >= 0.3 is 5.97 Å². The summed E-state index contributed by atoms with van der Waals surface area (Å²) in [6.45, 7) is -0.0971. The van der Waals surface area contributed by atoms with Gasteiger partial charge in [0.05, 0.1) is 4.92 Å². The number of carbonyl (C=O) groups excluding carboxylic acids is 3. The van der Waals surface area contributed by atoms with Crippen molar-refractivity contribution < 1.29 is 24.0 Å². The van der Waals surface area contributed by atoms with Gasteiger partial charge in [0.2, 0.25) is 5.91 Å². The summed E-state index contributed by atoms with van der Waals surface area (Å²) in [7, 11) is 0. The van der Waals surface area contributed by atoms with Crippen molar-refractivity contribution in [1.82, 2.24) is 10.2 Å². The smallest absolute Gasteiger partial charge is 0.355 e. The Morgan fingerprint density at radius 1 is 1.21 bits per heavy atom. The Morgan fingerprint density at radius 3 is 2.58 bits per heavy atom. The lowest BCUT2D eigenvalue weighted by molar-refractivity contribution is -0.384. The third-order valence-corrected chi connectivity index (χ3v) is 6.50. The lowest BCUT2D eigenvalue weighted by atomic mass is 10.0. The molecule has 2 heterocycles. The van der Waals surface area contributed by atoms with Crippen LogP contribution in [0.15, 0.2) is 66.4 Å². The molecular weight excluding hydrogens is 448 g/mol. The minimum atomic E-state index is -0.914. The number of rotatable bonds is 7. The monoisotopic (exact) mass is 468 g/mol. The fourth-order valence-electron chi connectivity index (χ4n) is 3.52. The van der Waals surface area contributed by atoms with Gasteiger partial charge in [-0.25, -0.2) is 4.79 Å². The highest BCUT2D eigenvalue weighted by molar-refractivity contribution is 8.00. The van der Waals surface area contributed by atoms with Gasteiger partial charge < -0.3 is 15.8 Å². The van der Waals surface area contributed by atoms with Crippen molar-refractivity contribution in [2.75, 3.05) is 5.75 Å². The highest BCUT2D eigenvalue weighted by Crippen LogP contribution is 2.38. The Morgan fingerprint density at radius 2 is 1.91 bits per heavy atom. The van der Waals surface area contributed by atoms with Crippen LogP contribution in [0.4, 0.5) is 5.69 Å². The SMILES string of the molecule is N[C@@H](C(=O)NC1C(=O)N2C(C(=O)OCc3ccc([N+](=O)[O-])cc3)=CCS[C@H]12)c1ccccc1. The van der Waals surface area contributed by atoms with Crippen LogP contribution in [0.1, 0.15) is 17.2 Å². The number of thioether (sulfide) groups is 1. The number of nitro benzene ring substituents is 1. The molecule has 0 aromatic heterocycles. The van der Waals surface area contributed by atoms with E-state index in [-0.39, 0.29) is 18.0 Å². The predicted molar refractivity (Wildman–Crippen MR) is 119 cm³/mol. The standard InChI is InChI=1S/C22H20N4O6S/c23-17(14-4-2-1-3-5-14)19(27)24-18-20(28)25-16(10-11-33-21(18)25)22(29)32-12-13-6-8-15(9-7-13)26(30)31/h1-10,17-18,21H,11-12,23H2,(H,24,27)/t17-,18?,21-/m1/s1. The first-order chi connectivity index (χ1) is 15.9. The maximum Gasteiger partial charge on any atom is 0.355 e. The molecule has 2 amide bonds. The zero-order valence-electron chi connectivity index (χ0n) is 17.2. The van der Waals surface area contributed by atoms with Crippen LogP contribution in [0.5, 0.6) is 0 Å². The van der Waals surface area contributed by atoms with Crippen molar-refractivity contribution in [1.29, 1.82) is 0 Å². The number of fused-ring (bicyclic) bond motifs is 1. The van der Waals surface area contributed by atoms with Gasteiger partial charge in [-0.3, -0.25) is 24.6 Å². The van der Waals surface area contributed by atoms with Crippen molar-refractivity contribution in [3.8, 4) is 0 Å². The van der Waals surface area contributed by atoms with E-state index in [2.05, 4.69) is 5.32 Å². The molecule has 1 unspecified atom stereocenters. The van der Waals surface area contributed by atoms with Gasteiger partial charge in [0.15, 0.2) is 0 Å². The molecule has 2 aliphatic rings. The summed E-state index contributed by atoms with van der Waals surface area (Å²) in [6, 6.07) is 12.8. The quantitative estimate of drug-likeness (QED) is 0.270. The van der Waals surface area contributed by atoms with Crippen molar-refractivity contribution in [2.45, 2.75) is 24.1 Å². The summed E-state index contributed by atoms with van der Waals surface area (Å²) in [5, 5.41) is 13.0. The molecule has 0 saturated carbocycles. The summed E-state index contributed by atoms with van der Waals surface area (Å²) in [5.74, 6) is -1.11. The van der Waals surface area contributed by atoms with Crippen molar-refractivity contribution >= 4 is 35.2 Å². The maximum absolute atomic E-state index is 12.7. The zero-order chi connectivity index (χ0) is 23.5. The van der Waals surface area contributed by atoms with Crippen molar-refractivity contribution in [3.05, 3.63) is 87.6 Å². The lowest BCUT2D eigenvalue weighted by Crippen LogP contribution is -2.70. The molecule has 0 bridgehead atoms. The van der Waals surface area contributed by atoms with Crippen molar-refractivity contribution in [3.63, 3.8) is 0 Å². The van der Waals surface area contributed by atoms with Gasteiger partial charge in [-0.15, -0.1) is 11.8 Å². The lowest BCUT2D eigenvalue weighted by Gasteiger charge is -2.48. The first-order valence-electron chi connectivity index (χ1n) is 10.0. The first kappa shape index (κ1) is 22.5. The number of nitrogens with one attached hydrogen (secondary N) is 1. The van der Waals surface area contributed by atoms with Crippen molar-refractivity contribution in [2.24, 2.45) is 5.73 Å². The molecule has 1 saturated heterocycles. The van der Waals surface area contributed by atoms with Crippen LogP contribution >= 0.6 is 11.8 Å². The minimum Gasteiger partial charge on any atom is -0.456 e. The summed E-state index contributed by atoms with van der Waals surface area (Å²) < 4.78 is 5.29. The van der Waals surface area contributed by atoms with Crippen LogP contribution in [0.2, 0.25) is 0 Å². The summed E-state index contributed by atoms with van der Waals surface area (Å²) in [4.78, 5) is 49.4. The Bertz CT molecular complexity index is 1120. The van der Waals surface area contributed by atoms with Crippen LogP contribution in [-0.2, 0) is 25.7 Å². The van der Waals surface area contributed by atoms with E-state index in [1.54, 1.807) is 30.3 Å². The molecule has 0 spiro atoms. The number of esters is 1. The average molecular weight is 468 g/mol. The number of nitrogens with two attached hydrogens (primary N) is 1. The molecule has 33 heavy (non-hydrogen) atoms. The molecule has 10 nitrogen and oxygen atoms in total. The van der Waals surface area contributed by atoms with Crippen LogP contribution in [0.3, 0.4) is 0 Å². The number of nitrogens with zero attached hydrogens (tertiary/aromatic N) is 2. The molecule has 2 aromatic carbocycles. The number of hydrogen-bond donors (Lipinski definition) is 2.